The lowest BCUT2D eigenvalue weighted by Gasteiger charge is -2.41. The third kappa shape index (κ3) is 8.69. The predicted octanol–water partition coefficient (Wildman–Crippen LogP) is 6.32. The summed E-state index contributed by atoms with van der Waals surface area (Å²) in [7, 11) is 1.67. The monoisotopic (exact) mass is 584 g/mol. The molecule has 2 aromatic rings. The molecule has 1 saturated carbocycles. The normalized spacial score (nSPS) is 21.0. The average molecular weight is 585 g/mol. The number of hydrogen-bond donors (Lipinski definition) is 0. The van der Waals surface area contributed by atoms with Gasteiger partial charge in [0, 0.05) is 26.2 Å². The molecule has 3 atom stereocenters. The first-order chi connectivity index (χ1) is 19.5. The molecule has 2 aromatic carbocycles. The van der Waals surface area contributed by atoms with E-state index in [0.717, 1.165) is 24.9 Å². The largest absolute Gasteiger partial charge is 0.416 e. The first kappa shape index (κ1) is 31.3. The van der Waals surface area contributed by atoms with E-state index in [1.165, 1.54) is 6.92 Å². The Bertz CT molecular complexity index is 1160. The van der Waals surface area contributed by atoms with Crippen molar-refractivity contribution in [3.63, 3.8) is 0 Å². The number of rotatable bonds is 10. The SMILES string of the molecule is COCCN(CC#CCN1CCOC(O[C@H](C)c2cc(C(F)(F)F)cc(C(F)(F)F)c2)C1c1ccccc1)C1CC1. The van der Waals surface area contributed by atoms with Crippen LogP contribution in [-0.4, -0.2) is 68.6 Å². The molecule has 0 amide bonds. The number of benzene rings is 2. The maximum Gasteiger partial charge on any atom is 0.416 e. The fraction of sp³-hybridized carbons (Fsp3) is 0.533. The van der Waals surface area contributed by atoms with E-state index in [2.05, 4.69) is 21.6 Å². The number of alkyl halides is 6. The molecule has 0 N–H and O–H groups in total. The molecule has 5 nitrogen and oxygen atoms in total. The lowest BCUT2D eigenvalue weighted by molar-refractivity contribution is -0.228. The standard InChI is InChI=1S/C30H34F6N2O3/c1-21(23-18-24(29(31,32)33)20-25(19-23)30(34,35)36)41-28-27(22-8-4-3-5-9-22)38(15-17-40-28)13-7-6-12-37(14-16-39-2)26-10-11-26/h3-5,8-9,18-21,26-28H,10-17H2,1-2H3/t21-,27?,28?/m1/s1. The van der Waals surface area contributed by atoms with E-state index in [0.29, 0.717) is 44.4 Å². The summed E-state index contributed by atoms with van der Waals surface area (Å²) in [5.74, 6) is 6.47. The molecule has 2 unspecified atom stereocenters. The maximum absolute atomic E-state index is 13.4. The fourth-order valence-electron chi connectivity index (χ4n) is 4.85. The second-order valence-corrected chi connectivity index (χ2v) is 10.2. The minimum atomic E-state index is -4.95. The number of nitrogens with zero attached hydrogens (tertiary/aromatic N) is 2. The van der Waals surface area contributed by atoms with Crippen LogP contribution in [0, 0.1) is 11.8 Å². The Morgan fingerprint density at radius 1 is 1.00 bits per heavy atom. The Labute approximate surface area is 236 Å². The molecule has 2 aliphatic rings. The van der Waals surface area contributed by atoms with Crippen LogP contribution in [0.15, 0.2) is 48.5 Å². The van der Waals surface area contributed by atoms with Gasteiger partial charge >= 0.3 is 12.4 Å². The molecule has 4 rings (SSSR count). The summed E-state index contributed by atoms with van der Waals surface area (Å²) in [6, 6.07) is 10.9. The lowest BCUT2D eigenvalue weighted by atomic mass is 10.0. The molecular weight excluding hydrogens is 550 g/mol. The molecule has 0 bridgehead atoms. The number of ether oxygens (including phenoxy) is 3. The number of hydrogen-bond acceptors (Lipinski definition) is 5. The third-order valence-corrected chi connectivity index (χ3v) is 7.21. The van der Waals surface area contributed by atoms with Gasteiger partial charge in [-0.25, -0.2) is 0 Å². The zero-order valence-corrected chi connectivity index (χ0v) is 23.0. The van der Waals surface area contributed by atoms with Gasteiger partial charge in [-0.2, -0.15) is 26.3 Å². The molecule has 1 heterocycles. The minimum Gasteiger partial charge on any atom is -0.383 e. The van der Waals surface area contributed by atoms with Gasteiger partial charge in [-0.05, 0) is 49.1 Å². The van der Waals surface area contributed by atoms with Gasteiger partial charge in [-0.15, -0.1) is 0 Å². The van der Waals surface area contributed by atoms with Crippen LogP contribution >= 0.6 is 0 Å². The van der Waals surface area contributed by atoms with E-state index in [1.807, 2.05) is 30.3 Å². The smallest absolute Gasteiger partial charge is 0.383 e. The summed E-state index contributed by atoms with van der Waals surface area (Å²) in [6.45, 7) is 4.66. The Morgan fingerprint density at radius 2 is 1.66 bits per heavy atom. The summed E-state index contributed by atoms with van der Waals surface area (Å²) in [5, 5.41) is 0. The molecular formula is C30H34F6N2O3. The van der Waals surface area contributed by atoms with Crippen molar-refractivity contribution < 1.29 is 40.6 Å². The molecule has 0 aromatic heterocycles. The predicted molar refractivity (Wildman–Crippen MR) is 141 cm³/mol. The van der Waals surface area contributed by atoms with Crippen molar-refractivity contribution in [2.75, 3.05) is 46.5 Å². The van der Waals surface area contributed by atoms with Crippen LogP contribution in [0.4, 0.5) is 26.3 Å². The van der Waals surface area contributed by atoms with Gasteiger partial charge in [0.2, 0.25) is 0 Å². The van der Waals surface area contributed by atoms with Crippen LogP contribution < -0.4 is 0 Å². The van der Waals surface area contributed by atoms with Crippen LogP contribution in [0.25, 0.3) is 0 Å². The van der Waals surface area contributed by atoms with E-state index < -0.39 is 41.9 Å². The summed E-state index contributed by atoms with van der Waals surface area (Å²) < 4.78 is 97.8. The zero-order valence-electron chi connectivity index (χ0n) is 23.0. The van der Waals surface area contributed by atoms with Crippen molar-refractivity contribution in [3.05, 3.63) is 70.8 Å². The van der Waals surface area contributed by atoms with E-state index in [1.54, 1.807) is 7.11 Å². The summed E-state index contributed by atoms with van der Waals surface area (Å²) in [4.78, 5) is 4.36. The van der Waals surface area contributed by atoms with Gasteiger partial charge in [-0.1, -0.05) is 42.2 Å². The zero-order chi connectivity index (χ0) is 29.6. The van der Waals surface area contributed by atoms with Gasteiger partial charge < -0.3 is 14.2 Å². The number of methoxy groups -OCH3 is 1. The van der Waals surface area contributed by atoms with E-state index in [4.69, 9.17) is 14.2 Å². The van der Waals surface area contributed by atoms with Crippen molar-refractivity contribution in [2.45, 2.75) is 56.6 Å². The second kappa shape index (κ2) is 13.6. The summed E-state index contributed by atoms with van der Waals surface area (Å²) >= 11 is 0. The highest BCUT2D eigenvalue weighted by Gasteiger charge is 2.39. The number of morpholine rings is 1. The van der Waals surface area contributed by atoms with Crippen molar-refractivity contribution in [1.82, 2.24) is 9.80 Å². The van der Waals surface area contributed by atoms with Crippen LogP contribution in [0.5, 0.6) is 0 Å². The molecule has 11 heteroatoms. The van der Waals surface area contributed by atoms with Gasteiger partial charge in [0.15, 0.2) is 6.29 Å². The molecule has 1 saturated heterocycles. The average Bonchev–Trinajstić information content (AvgIpc) is 3.77. The Balaban J connectivity index is 1.53. The van der Waals surface area contributed by atoms with Crippen molar-refractivity contribution >= 4 is 0 Å². The highest BCUT2D eigenvalue weighted by atomic mass is 19.4. The fourth-order valence-corrected chi connectivity index (χ4v) is 4.85. The molecule has 0 radical (unpaired) electrons. The summed E-state index contributed by atoms with van der Waals surface area (Å²) in [5.41, 5.74) is -2.17. The molecule has 2 fully saturated rings. The molecule has 224 valence electrons. The highest BCUT2D eigenvalue weighted by molar-refractivity contribution is 5.35. The Kier molecular flexibility index (Phi) is 10.4. The van der Waals surface area contributed by atoms with Crippen LogP contribution in [-0.2, 0) is 26.6 Å². The van der Waals surface area contributed by atoms with Crippen molar-refractivity contribution in [3.8, 4) is 11.8 Å². The third-order valence-electron chi connectivity index (χ3n) is 7.21. The van der Waals surface area contributed by atoms with E-state index in [-0.39, 0.29) is 18.2 Å². The van der Waals surface area contributed by atoms with Gasteiger partial charge in [0.1, 0.15) is 0 Å². The van der Waals surface area contributed by atoms with Gasteiger partial charge in [0.25, 0.3) is 0 Å². The van der Waals surface area contributed by atoms with Gasteiger partial charge in [0.05, 0.1) is 49.6 Å². The molecule has 1 aliphatic heterocycles. The van der Waals surface area contributed by atoms with Crippen molar-refractivity contribution in [1.29, 1.82) is 0 Å². The topological polar surface area (TPSA) is 34.2 Å². The molecule has 41 heavy (non-hydrogen) atoms. The van der Waals surface area contributed by atoms with E-state index in [9.17, 15) is 26.3 Å². The summed E-state index contributed by atoms with van der Waals surface area (Å²) in [6.07, 6.45) is -9.66. The molecule has 1 aliphatic carbocycles. The Morgan fingerprint density at radius 3 is 2.24 bits per heavy atom. The van der Waals surface area contributed by atoms with Crippen LogP contribution in [0.1, 0.15) is 54.2 Å². The van der Waals surface area contributed by atoms with Crippen molar-refractivity contribution in [2.24, 2.45) is 0 Å². The van der Waals surface area contributed by atoms with Crippen LogP contribution in [0.3, 0.4) is 0 Å². The quantitative estimate of drug-likeness (QED) is 0.241. The highest BCUT2D eigenvalue weighted by Crippen LogP contribution is 2.39. The molecule has 0 spiro atoms. The van der Waals surface area contributed by atoms with Crippen LogP contribution in [0.2, 0.25) is 0 Å². The van der Waals surface area contributed by atoms with E-state index >= 15 is 0 Å². The minimum absolute atomic E-state index is 0.111. The lowest BCUT2D eigenvalue weighted by Crippen LogP contribution is -2.46. The maximum atomic E-state index is 13.4. The second-order valence-electron chi connectivity index (χ2n) is 10.2. The first-order valence-electron chi connectivity index (χ1n) is 13.5. The first-order valence-corrected chi connectivity index (χ1v) is 13.5. The Hall–Kier alpha value is -2.62. The number of halogens is 6. The van der Waals surface area contributed by atoms with Gasteiger partial charge in [-0.3, -0.25) is 9.80 Å².